The SMILES string of the molecule is CCOC(=O)/C=C/c1ccc(C#N)cc1OCCCNC(=O)OC(C)(C)C. The molecule has 0 aliphatic heterocycles. The van der Waals surface area contributed by atoms with Crippen LogP contribution in [0.25, 0.3) is 6.08 Å². The number of hydrogen-bond donors (Lipinski definition) is 1. The van der Waals surface area contributed by atoms with Crippen LogP contribution in [0.2, 0.25) is 0 Å². The van der Waals surface area contributed by atoms with Crippen LogP contribution in [0.4, 0.5) is 4.79 Å². The maximum Gasteiger partial charge on any atom is 0.407 e. The molecule has 0 unspecified atom stereocenters. The Balaban J connectivity index is 2.59. The summed E-state index contributed by atoms with van der Waals surface area (Å²) in [7, 11) is 0. The van der Waals surface area contributed by atoms with Gasteiger partial charge in [-0.2, -0.15) is 5.26 Å². The van der Waals surface area contributed by atoms with Crippen LogP contribution in [0.1, 0.15) is 45.2 Å². The number of rotatable bonds is 8. The topological polar surface area (TPSA) is 97.7 Å². The van der Waals surface area contributed by atoms with Crippen LogP contribution < -0.4 is 10.1 Å². The van der Waals surface area contributed by atoms with Crippen LogP contribution in [-0.4, -0.2) is 37.4 Å². The first-order chi connectivity index (χ1) is 12.7. The minimum absolute atomic E-state index is 0.296. The van der Waals surface area contributed by atoms with E-state index in [-0.39, 0.29) is 0 Å². The van der Waals surface area contributed by atoms with Crippen molar-refractivity contribution >= 4 is 18.1 Å². The van der Waals surface area contributed by atoms with Gasteiger partial charge in [0.25, 0.3) is 0 Å². The summed E-state index contributed by atoms with van der Waals surface area (Å²) < 4.78 is 15.7. The van der Waals surface area contributed by atoms with Crippen molar-refractivity contribution in [3.8, 4) is 11.8 Å². The first-order valence-electron chi connectivity index (χ1n) is 8.74. The van der Waals surface area contributed by atoms with Crippen molar-refractivity contribution in [1.82, 2.24) is 5.32 Å². The molecule has 1 N–H and O–H groups in total. The van der Waals surface area contributed by atoms with E-state index in [1.54, 1.807) is 52.0 Å². The van der Waals surface area contributed by atoms with Crippen LogP contribution in [0.15, 0.2) is 24.3 Å². The summed E-state index contributed by atoms with van der Waals surface area (Å²) in [6.45, 7) is 8.12. The molecular weight excluding hydrogens is 348 g/mol. The van der Waals surface area contributed by atoms with Gasteiger partial charge >= 0.3 is 12.1 Å². The third-order valence-electron chi connectivity index (χ3n) is 3.08. The van der Waals surface area contributed by atoms with Gasteiger partial charge in [-0.15, -0.1) is 0 Å². The van der Waals surface area contributed by atoms with E-state index in [9.17, 15) is 9.59 Å². The van der Waals surface area contributed by atoms with E-state index < -0.39 is 17.7 Å². The molecule has 146 valence electrons. The molecule has 1 amide bonds. The van der Waals surface area contributed by atoms with Crippen molar-refractivity contribution in [2.45, 2.75) is 39.7 Å². The van der Waals surface area contributed by atoms with E-state index in [0.29, 0.717) is 43.1 Å². The molecule has 0 aliphatic rings. The number of alkyl carbamates (subject to hydrolysis) is 1. The standard InChI is InChI=1S/C20H26N2O5/c1-5-25-18(23)10-9-16-8-7-15(14-21)13-17(16)26-12-6-11-22-19(24)27-20(2,3)4/h7-10,13H,5-6,11-12H2,1-4H3,(H,22,24)/b10-9+. The molecule has 0 aliphatic carbocycles. The van der Waals surface area contributed by atoms with Gasteiger partial charge in [-0.1, -0.05) is 0 Å². The molecule has 7 nitrogen and oxygen atoms in total. The predicted molar refractivity (Wildman–Crippen MR) is 101 cm³/mol. The summed E-state index contributed by atoms with van der Waals surface area (Å²) in [6.07, 6.45) is 2.96. The Kier molecular flexibility index (Phi) is 8.86. The molecule has 1 rings (SSSR count). The molecule has 1 aromatic rings. The second-order valence-electron chi connectivity index (χ2n) is 6.58. The number of carbonyl (C=O) groups is 2. The molecule has 0 saturated heterocycles. The third-order valence-corrected chi connectivity index (χ3v) is 3.08. The summed E-state index contributed by atoms with van der Waals surface area (Å²) in [5.74, 6) is 0.0289. The van der Waals surface area contributed by atoms with E-state index in [1.165, 1.54) is 6.08 Å². The molecule has 0 radical (unpaired) electrons. The fraction of sp³-hybridized carbons (Fsp3) is 0.450. The number of nitrogens with zero attached hydrogens (tertiary/aromatic N) is 1. The average molecular weight is 374 g/mol. The lowest BCUT2D eigenvalue weighted by atomic mass is 10.1. The van der Waals surface area contributed by atoms with Gasteiger partial charge in [0.1, 0.15) is 11.4 Å². The molecule has 0 atom stereocenters. The van der Waals surface area contributed by atoms with Gasteiger partial charge in [-0.05, 0) is 58.4 Å². The highest BCUT2D eigenvalue weighted by Crippen LogP contribution is 2.22. The van der Waals surface area contributed by atoms with Gasteiger partial charge in [0.15, 0.2) is 0 Å². The highest BCUT2D eigenvalue weighted by atomic mass is 16.6. The number of nitriles is 1. The van der Waals surface area contributed by atoms with E-state index in [4.69, 9.17) is 19.5 Å². The smallest absolute Gasteiger partial charge is 0.407 e. The van der Waals surface area contributed by atoms with Crippen LogP contribution in [0, 0.1) is 11.3 Å². The second kappa shape index (κ2) is 10.9. The fourth-order valence-electron chi connectivity index (χ4n) is 1.97. The number of benzene rings is 1. The number of carbonyl (C=O) groups excluding carboxylic acids is 2. The zero-order valence-electron chi connectivity index (χ0n) is 16.2. The quantitative estimate of drug-likeness (QED) is 0.425. The Morgan fingerprint density at radius 3 is 2.67 bits per heavy atom. The summed E-state index contributed by atoms with van der Waals surface area (Å²) in [5.41, 5.74) is 0.561. The van der Waals surface area contributed by atoms with E-state index >= 15 is 0 Å². The monoisotopic (exact) mass is 374 g/mol. The number of esters is 1. The van der Waals surface area contributed by atoms with Gasteiger partial charge < -0.3 is 19.5 Å². The van der Waals surface area contributed by atoms with Crippen LogP contribution in [-0.2, 0) is 14.3 Å². The number of ether oxygens (including phenoxy) is 3. The molecule has 0 heterocycles. The summed E-state index contributed by atoms with van der Waals surface area (Å²) in [6, 6.07) is 6.99. The van der Waals surface area contributed by atoms with Gasteiger partial charge in [-0.25, -0.2) is 9.59 Å². The lowest BCUT2D eigenvalue weighted by Gasteiger charge is -2.19. The van der Waals surface area contributed by atoms with Crippen LogP contribution >= 0.6 is 0 Å². The largest absolute Gasteiger partial charge is 0.493 e. The first-order valence-corrected chi connectivity index (χ1v) is 8.74. The Morgan fingerprint density at radius 1 is 1.30 bits per heavy atom. The van der Waals surface area contributed by atoms with Crippen molar-refractivity contribution in [2.75, 3.05) is 19.8 Å². The van der Waals surface area contributed by atoms with Crippen molar-refractivity contribution < 1.29 is 23.8 Å². The third kappa shape index (κ3) is 9.31. The van der Waals surface area contributed by atoms with Crippen molar-refractivity contribution in [3.63, 3.8) is 0 Å². The molecule has 1 aromatic carbocycles. The van der Waals surface area contributed by atoms with Gasteiger partial charge in [-0.3, -0.25) is 0 Å². The second-order valence-corrected chi connectivity index (χ2v) is 6.58. The molecule has 0 spiro atoms. The summed E-state index contributed by atoms with van der Waals surface area (Å²) in [4.78, 5) is 23.0. The van der Waals surface area contributed by atoms with E-state index in [0.717, 1.165) is 0 Å². The van der Waals surface area contributed by atoms with Crippen molar-refractivity contribution in [2.24, 2.45) is 0 Å². The van der Waals surface area contributed by atoms with Crippen LogP contribution in [0.3, 0.4) is 0 Å². The minimum Gasteiger partial charge on any atom is -0.493 e. The van der Waals surface area contributed by atoms with E-state index in [1.807, 2.05) is 6.07 Å². The number of amides is 1. The van der Waals surface area contributed by atoms with E-state index in [2.05, 4.69) is 5.32 Å². The maximum atomic E-state index is 11.6. The summed E-state index contributed by atoms with van der Waals surface area (Å²) in [5, 5.41) is 11.7. The molecule has 27 heavy (non-hydrogen) atoms. The van der Waals surface area contributed by atoms with Crippen LogP contribution in [0.5, 0.6) is 5.75 Å². The highest BCUT2D eigenvalue weighted by Gasteiger charge is 2.15. The Labute approximate surface area is 159 Å². The Morgan fingerprint density at radius 2 is 2.04 bits per heavy atom. The highest BCUT2D eigenvalue weighted by molar-refractivity contribution is 5.87. The Bertz CT molecular complexity index is 714. The zero-order valence-corrected chi connectivity index (χ0v) is 16.2. The lowest BCUT2D eigenvalue weighted by molar-refractivity contribution is -0.137. The lowest BCUT2D eigenvalue weighted by Crippen LogP contribution is -2.33. The molecular formula is C20H26N2O5. The zero-order chi connectivity index (χ0) is 20.3. The molecule has 7 heteroatoms. The minimum atomic E-state index is -0.543. The fourth-order valence-corrected chi connectivity index (χ4v) is 1.97. The molecule has 0 fully saturated rings. The summed E-state index contributed by atoms with van der Waals surface area (Å²) >= 11 is 0. The van der Waals surface area contributed by atoms with Crippen molar-refractivity contribution in [1.29, 1.82) is 5.26 Å². The predicted octanol–water partition coefficient (Wildman–Crippen LogP) is 3.43. The van der Waals surface area contributed by atoms with Gasteiger partial charge in [0, 0.05) is 18.2 Å². The molecule has 0 saturated carbocycles. The number of hydrogen-bond acceptors (Lipinski definition) is 6. The Hall–Kier alpha value is -3.01. The van der Waals surface area contributed by atoms with Gasteiger partial charge in [0.05, 0.1) is 24.8 Å². The normalized spacial score (nSPS) is 10.9. The molecule has 0 aromatic heterocycles. The average Bonchev–Trinajstić information content (AvgIpc) is 2.58. The first kappa shape index (κ1) is 22.0. The maximum absolute atomic E-state index is 11.6. The van der Waals surface area contributed by atoms with Gasteiger partial charge in [0.2, 0.25) is 0 Å². The molecule has 0 bridgehead atoms. The number of nitrogens with one attached hydrogen (secondary N) is 1. The van der Waals surface area contributed by atoms with Crippen molar-refractivity contribution in [3.05, 3.63) is 35.4 Å².